The van der Waals surface area contributed by atoms with Gasteiger partial charge in [0.1, 0.15) is 0 Å². The van der Waals surface area contributed by atoms with Gasteiger partial charge in [-0.25, -0.2) is 0 Å². The van der Waals surface area contributed by atoms with E-state index in [0.29, 0.717) is 18.4 Å². The largest absolute Gasteiger partial charge is 0.393 e. The highest BCUT2D eigenvalue weighted by Gasteiger charge is 2.24. The van der Waals surface area contributed by atoms with Gasteiger partial charge in [-0.05, 0) is 87.8 Å². The van der Waals surface area contributed by atoms with Gasteiger partial charge in [-0.15, -0.1) is 0 Å². The minimum atomic E-state index is -0.194. The molecule has 2 aliphatic rings. The summed E-state index contributed by atoms with van der Waals surface area (Å²) in [7, 11) is 0. The van der Waals surface area contributed by atoms with E-state index in [0.717, 1.165) is 38.1 Å². The molecular weight excluding hydrogens is 286 g/mol. The van der Waals surface area contributed by atoms with Crippen molar-refractivity contribution in [3.63, 3.8) is 0 Å². The molecule has 0 spiro atoms. The molecule has 0 aromatic heterocycles. The van der Waals surface area contributed by atoms with Crippen molar-refractivity contribution < 1.29 is 9.90 Å². The molecule has 2 N–H and O–H groups in total. The number of halogens is 1. The first kappa shape index (κ1) is 17.2. The lowest BCUT2D eigenvalue weighted by molar-refractivity contribution is -0.111. The SMILES string of the molecule is O=C(Cl)CCCC1CCC(NCC2CCCC(O)C2)CC1. The van der Waals surface area contributed by atoms with Crippen molar-refractivity contribution in [2.45, 2.75) is 82.8 Å². The second-order valence-corrected chi connectivity index (χ2v) is 7.48. The Kier molecular flexibility index (Phi) is 7.48. The Balaban J connectivity index is 1.55. The summed E-state index contributed by atoms with van der Waals surface area (Å²) in [6, 6.07) is 0.662. The van der Waals surface area contributed by atoms with Crippen molar-refractivity contribution >= 4 is 16.8 Å². The molecule has 0 bridgehead atoms. The second-order valence-electron chi connectivity index (χ2n) is 7.06. The van der Waals surface area contributed by atoms with E-state index in [1.54, 1.807) is 0 Å². The lowest BCUT2D eigenvalue weighted by Gasteiger charge is -2.32. The standard InChI is InChI=1S/C17H30ClNO2/c18-17(21)6-2-3-13-7-9-15(10-8-13)19-12-14-4-1-5-16(20)11-14/h13-16,19-20H,1-12H2. The third-order valence-electron chi connectivity index (χ3n) is 5.28. The zero-order valence-corrected chi connectivity index (χ0v) is 13.8. The van der Waals surface area contributed by atoms with Crippen molar-refractivity contribution in [1.82, 2.24) is 5.32 Å². The molecule has 0 aromatic carbocycles. The third-order valence-corrected chi connectivity index (χ3v) is 5.47. The molecule has 21 heavy (non-hydrogen) atoms. The monoisotopic (exact) mass is 315 g/mol. The van der Waals surface area contributed by atoms with Crippen LogP contribution in [0.15, 0.2) is 0 Å². The van der Waals surface area contributed by atoms with E-state index in [4.69, 9.17) is 11.6 Å². The van der Waals surface area contributed by atoms with Crippen LogP contribution in [-0.4, -0.2) is 29.0 Å². The van der Waals surface area contributed by atoms with Crippen LogP contribution < -0.4 is 5.32 Å². The molecule has 4 heteroatoms. The van der Waals surface area contributed by atoms with E-state index in [1.165, 1.54) is 38.5 Å². The maximum Gasteiger partial charge on any atom is 0.221 e. The van der Waals surface area contributed by atoms with Gasteiger partial charge in [-0.2, -0.15) is 0 Å². The van der Waals surface area contributed by atoms with Gasteiger partial charge in [-0.1, -0.05) is 6.42 Å². The van der Waals surface area contributed by atoms with Crippen molar-refractivity contribution in [3.8, 4) is 0 Å². The molecule has 2 rings (SSSR count). The van der Waals surface area contributed by atoms with Crippen molar-refractivity contribution in [3.05, 3.63) is 0 Å². The maximum absolute atomic E-state index is 10.7. The topological polar surface area (TPSA) is 49.3 Å². The van der Waals surface area contributed by atoms with E-state index in [-0.39, 0.29) is 11.3 Å². The van der Waals surface area contributed by atoms with Crippen LogP contribution in [0.3, 0.4) is 0 Å². The Morgan fingerprint density at radius 1 is 1.10 bits per heavy atom. The van der Waals surface area contributed by atoms with Crippen LogP contribution in [0.2, 0.25) is 0 Å². The van der Waals surface area contributed by atoms with Crippen molar-refractivity contribution in [2.24, 2.45) is 11.8 Å². The first-order valence-electron chi connectivity index (χ1n) is 8.73. The summed E-state index contributed by atoms with van der Waals surface area (Å²) in [6.07, 6.45) is 12.1. The molecule has 2 unspecified atom stereocenters. The number of rotatable bonds is 7. The smallest absolute Gasteiger partial charge is 0.221 e. The highest BCUT2D eigenvalue weighted by Crippen LogP contribution is 2.29. The number of aliphatic hydroxyl groups is 1. The van der Waals surface area contributed by atoms with Crippen LogP contribution in [0.5, 0.6) is 0 Å². The molecule has 0 aliphatic heterocycles. The number of aliphatic hydroxyl groups excluding tert-OH is 1. The summed E-state index contributed by atoms with van der Waals surface area (Å²) >= 11 is 5.38. The fourth-order valence-corrected chi connectivity index (χ4v) is 4.10. The number of hydrogen-bond donors (Lipinski definition) is 2. The average Bonchev–Trinajstić information content (AvgIpc) is 2.46. The van der Waals surface area contributed by atoms with Gasteiger partial charge in [0.05, 0.1) is 6.10 Å². The minimum Gasteiger partial charge on any atom is -0.393 e. The van der Waals surface area contributed by atoms with Crippen LogP contribution in [0, 0.1) is 11.8 Å². The Labute approximate surface area is 133 Å². The van der Waals surface area contributed by atoms with Gasteiger partial charge in [0.2, 0.25) is 5.24 Å². The predicted molar refractivity (Wildman–Crippen MR) is 86.4 cm³/mol. The Hall–Kier alpha value is -0.120. The quantitative estimate of drug-likeness (QED) is 0.705. The number of hydrogen-bond acceptors (Lipinski definition) is 3. The summed E-state index contributed by atoms with van der Waals surface area (Å²) in [6.45, 7) is 1.08. The fourth-order valence-electron chi connectivity index (χ4n) is 3.97. The Morgan fingerprint density at radius 2 is 1.86 bits per heavy atom. The second kappa shape index (κ2) is 9.12. The van der Waals surface area contributed by atoms with Gasteiger partial charge in [0.25, 0.3) is 0 Å². The molecule has 2 fully saturated rings. The predicted octanol–water partition coefficient (Wildman–Crippen LogP) is 3.62. The number of carbonyl (C=O) groups excluding carboxylic acids is 1. The van der Waals surface area contributed by atoms with Gasteiger partial charge >= 0.3 is 0 Å². The van der Waals surface area contributed by atoms with Crippen LogP contribution >= 0.6 is 11.6 Å². The van der Waals surface area contributed by atoms with E-state index >= 15 is 0 Å². The molecule has 0 saturated heterocycles. The molecule has 0 heterocycles. The zero-order chi connectivity index (χ0) is 15.1. The van der Waals surface area contributed by atoms with Gasteiger partial charge < -0.3 is 10.4 Å². The molecule has 0 amide bonds. The zero-order valence-electron chi connectivity index (χ0n) is 13.0. The number of carbonyl (C=O) groups is 1. The lowest BCUT2D eigenvalue weighted by atomic mass is 9.82. The van der Waals surface area contributed by atoms with Crippen molar-refractivity contribution in [1.29, 1.82) is 0 Å². The molecule has 0 aromatic rings. The van der Waals surface area contributed by atoms with E-state index in [2.05, 4.69) is 5.32 Å². The molecular formula is C17H30ClNO2. The first-order valence-corrected chi connectivity index (χ1v) is 9.11. The number of nitrogens with one attached hydrogen (secondary N) is 1. The molecule has 2 saturated carbocycles. The van der Waals surface area contributed by atoms with E-state index < -0.39 is 0 Å². The molecule has 122 valence electrons. The van der Waals surface area contributed by atoms with Crippen LogP contribution in [0.4, 0.5) is 0 Å². The summed E-state index contributed by atoms with van der Waals surface area (Å²) in [4.78, 5) is 10.7. The van der Waals surface area contributed by atoms with E-state index in [1.807, 2.05) is 0 Å². The molecule has 2 aliphatic carbocycles. The van der Waals surface area contributed by atoms with Gasteiger partial charge in [0, 0.05) is 12.5 Å². The summed E-state index contributed by atoms with van der Waals surface area (Å²) in [5.74, 6) is 1.46. The Morgan fingerprint density at radius 3 is 2.52 bits per heavy atom. The fraction of sp³-hybridized carbons (Fsp3) is 0.941. The summed E-state index contributed by atoms with van der Waals surface area (Å²) in [5.41, 5.74) is 0. The molecule has 0 radical (unpaired) electrons. The summed E-state index contributed by atoms with van der Waals surface area (Å²) < 4.78 is 0. The third kappa shape index (κ3) is 6.66. The highest BCUT2D eigenvalue weighted by atomic mass is 35.5. The highest BCUT2D eigenvalue weighted by molar-refractivity contribution is 6.63. The normalized spacial score (nSPS) is 33.8. The Bertz CT molecular complexity index is 316. The lowest BCUT2D eigenvalue weighted by Crippen LogP contribution is -2.38. The molecule has 3 nitrogen and oxygen atoms in total. The minimum absolute atomic E-state index is 0.0640. The van der Waals surface area contributed by atoms with Crippen LogP contribution in [-0.2, 0) is 4.79 Å². The summed E-state index contributed by atoms with van der Waals surface area (Å²) in [5, 5.41) is 13.2. The maximum atomic E-state index is 10.7. The van der Waals surface area contributed by atoms with Gasteiger partial charge in [0.15, 0.2) is 0 Å². The van der Waals surface area contributed by atoms with Gasteiger partial charge in [-0.3, -0.25) is 4.79 Å². The van der Waals surface area contributed by atoms with E-state index in [9.17, 15) is 9.90 Å². The van der Waals surface area contributed by atoms with Crippen molar-refractivity contribution in [2.75, 3.05) is 6.54 Å². The average molecular weight is 316 g/mol. The van der Waals surface area contributed by atoms with Crippen LogP contribution in [0.1, 0.15) is 70.6 Å². The molecule has 2 atom stereocenters. The van der Waals surface area contributed by atoms with Crippen LogP contribution in [0.25, 0.3) is 0 Å². The first-order chi connectivity index (χ1) is 10.1.